The van der Waals surface area contributed by atoms with Gasteiger partial charge in [0.2, 0.25) is 5.82 Å². The van der Waals surface area contributed by atoms with Crippen molar-refractivity contribution in [2.45, 2.75) is 32.0 Å². The monoisotopic (exact) mass is 468 g/mol. The first-order chi connectivity index (χ1) is 16.5. The summed E-state index contributed by atoms with van der Waals surface area (Å²) in [6, 6.07) is 14.8. The van der Waals surface area contributed by atoms with Crippen LogP contribution < -0.4 is 4.74 Å². The Bertz CT molecular complexity index is 1150. The third kappa shape index (κ3) is 5.18. The molecule has 3 aromatic carbocycles. The molecule has 0 aliphatic carbocycles. The molecule has 0 saturated carbocycles. The highest BCUT2D eigenvalue weighted by Crippen LogP contribution is 2.33. The standard InChI is InChI=1S/C28H27F3O3/c1-3-4-5-6-26-33-16-21(17-34-26)22-12-11-20(15-24(22)29)18-7-9-19(10-8-18)23-13-14-25(32-2)28(31)27(23)30/h3-4,7-15,21,26H,5-6,16-17H2,1-2H3/b4-3+. The highest BCUT2D eigenvalue weighted by Gasteiger charge is 2.25. The number of benzene rings is 3. The van der Waals surface area contributed by atoms with Crippen molar-refractivity contribution in [3.8, 4) is 28.0 Å². The molecule has 0 bridgehead atoms. The van der Waals surface area contributed by atoms with Gasteiger partial charge in [0.25, 0.3) is 0 Å². The van der Waals surface area contributed by atoms with Gasteiger partial charge in [-0.1, -0.05) is 48.6 Å². The normalized spacial score (nSPS) is 18.4. The van der Waals surface area contributed by atoms with Crippen LogP contribution in [0, 0.1) is 17.5 Å². The first kappa shape index (κ1) is 24.0. The Kier molecular flexibility index (Phi) is 7.70. The van der Waals surface area contributed by atoms with Crippen LogP contribution in [0.4, 0.5) is 13.2 Å². The molecule has 34 heavy (non-hydrogen) atoms. The van der Waals surface area contributed by atoms with Gasteiger partial charge < -0.3 is 14.2 Å². The molecule has 1 aliphatic heterocycles. The largest absolute Gasteiger partial charge is 0.494 e. The second-order valence-electron chi connectivity index (χ2n) is 8.20. The predicted molar refractivity (Wildman–Crippen MR) is 126 cm³/mol. The van der Waals surface area contributed by atoms with Crippen LogP contribution in [0.5, 0.6) is 5.75 Å². The molecule has 0 spiro atoms. The van der Waals surface area contributed by atoms with Crippen molar-refractivity contribution in [1.82, 2.24) is 0 Å². The van der Waals surface area contributed by atoms with Crippen molar-refractivity contribution in [1.29, 1.82) is 0 Å². The number of hydrogen-bond donors (Lipinski definition) is 0. The van der Waals surface area contributed by atoms with E-state index in [-0.39, 0.29) is 29.3 Å². The second kappa shape index (κ2) is 10.9. The van der Waals surface area contributed by atoms with E-state index in [4.69, 9.17) is 14.2 Å². The van der Waals surface area contributed by atoms with E-state index in [0.29, 0.717) is 29.9 Å². The lowest BCUT2D eigenvalue weighted by Gasteiger charge is -2.29. The number of rotatable bonds is 7. The van der Waals surface area contributed by atoms with Gasteiger partial charge in [-0.15, -0.1) is 0 Å². The smallest absolute Gasteiger partial charge is 0.201 e. The molecular formula is C28H27F3O3. The number of hydrogen-bond acceptors (Lipinski definition) is 3. The fourth-order valence-electron chi connectivity index (χ4n) is 4.08. The molecule has 178 valence electrons. The minimum absolute atomic E-state index is 0.132. The first-order valence-corrected chi connectivity index (χ1v) is 11.3. The Morgan fingerprint density at radius 1 is 0.882 bits per heavy atom. The van der Waals surface area contributed by atoms with Gasteiger partial charge in [0.1, 0.15) is 5.82 Å². The van der Waals surface area contributed by atoms with E-state index < -0.39 is 11.6 Å². The van der Waals surface area contributed by atoms with E-state index in [9.17, 15) is 13.2 Å². The average molecular weight is 469 g/mol. The van der Waals surface area contributed by atoms with Gasteiger partial charge in [0, 0.05) is 17.9 Å². The fraction of sp³-hybridized carbons (Fsp3) is 0.286. The molecular weight excluding hydrogens is 441 g/mol. The second-order valence-corrected chi connectivity index (χ2v) is 8.20. The first-order valence-electron chi connectivity index (χ1n) is 11.3. The minimum Gasteiger partial charge on any atom is -0.494 e. The van der Waals surface area contributed by atoms with E-state index in [1.54, 1.807) is 30.3 Å². The maximum atomic E-state index is 15.0. The lowest BCUT2D eigenvalue weighted by atomic mass is 9.95. The van der Waals surface area contributed by atoms with Gasteiger partial charge in [-0.3, -0.25) is 0 Å². The zero-order valence-electron chi connectivity index (χ0n) is 19.2. The van der Waals surface area contributed by atoms with Crippen LogP contribution in [0.25, 0.3) is 22.3 Å². The third-order valence-electron chi connectivity index (χ3n) is 6.01. The molecule has 6 heteroatoms. The molecule has 0 atom stereocenters. The quantitative estimate of drug-likeness (QED) is 0.342. The number of methoxy groups -OCH3 is 1. The van der Waals surface area contributed by atoms with Crippen molar-refractivity contribution < 1.29 is 27.4 Å². The Morgan fingerprint density at radius 3 is 2.21 bits per heavy atom. The maximum absolute atomic E-state index is 15.0. The van der Waals surface area contributed by atoms with Crippen LogP contribution in [0.3, 0.4) is 0 Å². The molecule has 0 radical (unpaired) electrons. The van der Waals surface area contributed by atoms with E-state index in [1.165, 1.54) is 25.3 Å². The maximum Gasteiger partial charge on any atom is 0.201 e. The molecule has 0 unspecified atom stereocenters. The number of halogens is 3. The third-order valence-corrected chi connectivity index (χ3v) is 6.01. The SMILES string of the molecule is C/C=C/CCC1OCC(c2ccc(-c3ccc(-c4ccc(OC)c(F)c4F)cc3)cc2F)CO1. The van der Waals surface area contributed by atoms with Gasteiger partial charge in [0.05, 0.1) is 20.3 Å². The zero-order valence-corrected chi connectivity index (χ0v) is 19.2. The minimum atomic E-state index is -1.03. The Morgan fingerprint density at radius 2 is 1.56 bits per heavy atom. The van der Waals surface area contributed by atoms with Crippen LogP contribution in [0.2, 0.25) is 0 Å². The highest BCUT2D eigenvalue weighted by atomic mass is 19.2. The lowest BCUT2D eigenvalue weighted by molar-refractivity contribution is -0.189. The summed E-state index contributed by atoms with van der Waals surface area (Å²) < 4.78 is 59.8. The van der Waals surface area contributed by atoms with Crippen LogP contribution in [-0.4, -0.2) is 26.6 Å². The Balaban J connectivity index is 1.46. The van der Waals surface area contributed by atoms with Crippen LogP contribution >= 0.6 is 0 Å². The Labute approximate surface area is 197 Å². The van der Waals surface area contributed by atoms with Crippen molar-refractivity contribution in [2.24, 2.45) is 0 Å². The van der Waals surface area contributed by atoms with Gasteiger partial charge >= 0.3 is 0 Å². The summed E-state index contributed by atoms with van der Waals surface area (Å²) in [5.41, 5.74) is 2.66. The molecule has 0 amide bonds. The van der Waals surface area contributed by atoms with E-state index >= 15 is 0 Å². The van der Waals surface area contributed by atoms with Crippen LogP contribution in [0.1, 0.15) is 31.2 Å². The summed E-state index contributed by atoms with van der Waals surface area (Å²) in [6.45, 7) is 2.80. The van der Waals surface area contributed by atoms with Crippen molar-refractivity contribution >= 4 is 0 Å². The molecule has 0 aromatic heterocycles. The predicted octanol–water partition coefficient (Wildman–Crippen LogP) is 7.26. The van der Waals surface area contributed by atoms with E-state index in [0.717, 1.165) is 18.4 Å². The summed E-state index contributed by atoms with van der Waals surface area (Å²) in [6.07, 6.45) is 5.47. The average Bonchev–Trinajstić information content (AvgIpc) is 2.86. The molecule has 1 saturated heterocycles. The highest BCUT2D eigenvalue weighted by molar-refractivity contribution is 5.71. The summed E-state index contributed by atoms with van der Waals surface area (Å²) in [5, 5.41) is 0. The van der Waals surface area contributed by atoms with Gasteiger partial charge in [-0.2, -0.15) is 4.39 Å². The van der Waals surface area contributed by atoms with E-state index in [1.807, 2.05) is 19.1 Å². The van der Waals surface area contributed by atoms with Crippen molar-refractivity contribution in [2.75, 3.05) is 20.3 Å². The molecule has 4 rings (SSSR count). The van der Waals surface area contributed by atoms with Gasteiger partial charge in [0.15, 0.2) is 17.9 Å². The van der Waals surface area contributed by atoms with Crippen molar-refractivity contribution in [3.05, 3.63) is 89.8 Å². The number of ether oxygens (including phenoxy) is 3. The molecule has 1 aliphatic rings. The summed E-state index contributed by atoms with van der Waals surface area (Å²) in [4.78, 5) is 0. The fourth-order valence-corrected chi connectivity index (χ4v) is 4.08. The van der Waals surface area contributed by atoms with E-state index in [2.05, 4.69) is 6.08 Å². The molecule has 3 nitrogen and oxygen atoms in total. The molecule has 1 fully saturated rings. The molecule has 1 heterocycles. The van der Waals surface area contributed by atoms with Crippen LogP contribution in [0.15, 0.2) is 66.7 Å². The van der Waals surface area contributed by atoms with Crippen molar-refractivity contribution in [3.63, 3.8) is 0 Å². The topological polar surface area (TPSA) is 27.7 Å². The zero-order chi connectivity index (χ0) is 24.1. The summed E-state index contributed by atoms with van der Waals surface area (Å²) >= 11 is 0. The lowest BCUT2D eigenvalue weighted by Crippen LogP contribution is -2.31. The molecule has 3 aromatic rings. The number of allylic oxidation sites excluding steroid dienone is 2. The van der Waals surface area contributed by atoms with Crippen LogP contribution in [-0.2, 0) is 9.47 Å². The Hall–Kier alpha value is -3.09. The molecule has 0 N–H and O–H groups in total. The van der Waals surface area contributed by atoms with Gasteiger partial charge in [-0.05, 0) is 53.8 Å². The summed E-state index contributed by atoms with van der Waals surface area (Å²) in [5.74, 6) is -2.63. The van der Waals surface area contributed by atoms with Gasteiger partial charge in [-0.25, -0.2) is 8.78 Å². The summed E-state index contributed by atoms with van der Waals surface area (Å²) in [7, 11) is 1.29.